The SMILES string of the molecule is CNCCC=Cc1cnc(N)c2ccccc12. The highest BCUT2D eigenvalue weighted by Gasteiger charge is 2.01. The van der Waals surface area contributed by atoms with Crippen LogP contribution in [0.4, 0.5) is 5.82 Å². The zero-order chi connectivity index (χ0) is 12.1. The Balaban J connectivity index is 2.35. The van der Waals surface area contributed by atoms with Crippen LogP contribution < -0.4 is 11.1 Å². The Morgan fingerprint density at radius 1 is 1.29 bits per heavy atom. The second-order valence-corrected chi connectivity index (χ2v) is 3.94. The van der Waals surface area contributed by atoms with Gasteiger partial charge in [0.05, 0.1) is 0 Å². The highest BCUT2D eigenvalue weighted by atomic mass is 14.8. The van der Waals surface area contributed by atoms with E-state index in [1.807, 2.05) is 31.4 Å². The first-order chi connectivity index (χ1) is 8.33. The summed E-state index contributed by atoms with van der Waals surface area (Å²) in [5.41, 5.74) is 6.97. The molecule has 0 saturated heterocycles. The molecule has 0 aliphatic heterocycles. The third-order valence-corrected chi connectivity index (χ3v) is 2.72. The minimum Gasteiger partial charge on any atom is -0.383 e. The van der Waals surface area contributed by atoms with Gasteiger partial charge in [-0.05, 0) is 25.4 Å². The third kappa shape index (κ3) is 2.63. The van der Waals surface area contributed by atoms with Crippen molar-refractivity contribution in [2.45, 2.75) is 6.42 Å². The van der Waals surface area contributed by atoms with Crippen LogP contribution in [0.5, 0.6) is 0 Å². The standard InChI is InChI=1S/C14H17N3/c1-16-9-5-4-6-11-10-17-14(15)13-8-3-2-7-12(11)13/h2-4,6-8,10,16H,5,9H2,1H3,(H2,15,17). The molecule has 3 nitrogen and oxygen atoms in total. The molecular weight excluding hydrogens is 210 g/mol. The molecule has 2 rings (SSSR count). The van der Waals surface area contributed by atoms with Gasteiger partial charge < -0.3 is 11.1 Å². The first kappa shape index (κ1) is 11.6. The fourth-order valence-corrected chi connectivity index (χ4v) is 1.81. The average molecular weight is 227 g/mol. The lowest BCUT2D eigenvalue weighted by Crippen LogP contribution is -2.05. The van der Waals surface area contributed by atoms with Crippen LogP contribution >= 0.6 is 0 Å². The van der Waals surface area contributed by atoms with E-state index in [4.69, 9.17) is 5.73 Å². The van der Waals surface area contributed by atoms with E-state index in [1.165, 1.54) is 0 Å². The maximum Gasteiger partial charge on any atom is 0.131 e. The van der Waals surface area contributed by atoms with E-state index in [-0.39, 0.29) is 0 Å². The van der Waals surface area contributed by atoms with Crippen LogP contribution in [0.3, 0.4) is 0 Å². The van der Waals surface area contributed by atoms with Crippen LogP contribution in [0.2, 0.25) is 0 Å². The molecule has 1 heterocycles. The topological polar surface area (TPSA) is 50.9 Å². The number of hydrogen-bond donors (Lipinski definition) is 2. The number of benzene rings is 1. The summed E-state index contributed by atoms with van der Waals surface area (Å²) in [6.45, 7) is 0.983. The van der Waals surface area contributed by atoms with Gasteiger partial charge in [-0.1, -0.05) is 36.4 Å². The molecule has 3 heteroatoms. The molecule has 1 aromatic heterocycles. The van der Waals surface area contributed by atoms with Crippen LogP contribution in [-0.4, -0.2) is 18.6 Å². The van der Waals surface area contributed by atoms with Crippen LogP contribution in [0.1, 0.15) is 12.0 Å². The number of fused-ring (bicyclic) bond motifs is 1. The molecule has 0 amide bonds. The van der Waals surface area contributed by atoms with Gasteiger partial charge in [0.25, 0.3) is 0 Å². The molecule has 0 bridgehead atoms. The molecule has 1 aromatic carbocycles. The quantitative estimate of drug-likeness (QED) is 0.789. The fraction of sp³-hybridized carbons (Fsp3) is 0.214. The molecule has 0 aliphatic carbocycles. The summed E-state index contributed by atoms with van der Waals surface area (Å²) in [6, 6.07) is 8.08. The number of nitrogens with two attached hydrogens (primary N) is 1. The first-order valence-electron chi connectivity index (χ1n) is 5.77. The monoisotopic (exact) mass is 227 g/mol. The lowest BCUT2D eigenvalue weighted by molar-refractivity contribution is 0.809. The Kier molecular flexibility index (Phi) is 3.73. The number of nitrogens with zero attached hydrogens (tertiary/aromatic N) is 1. The van der Waals surface area contributed by atoms with Crippen LogP contribution in [0, 0.1) is 0 Å². The van der Waals surface area contributed by atoms with Crippen LogP contribution in [0.25, 0.3) is 16.8 Å². The van der Waals surface area contributed by atoms with Gasteiger partial charge in [0, 0.05) is 17.1 Å². The summed E-state index contributed by atoms with van der Waals surface area (Å²) in [6.07, 6.45) is 7.09. The van der Waals surface area contributed by atoms with Gasteiger partial charge in [0.2, 0.25) is 0 Å². The van der Waals surface area contributed by atoms with E-state index >= 15 is 0 Å². The molecule has 3 N–H and O–H groups in total. The van der Waals surface area contributed by atoms with Gasteiger partial charge in [-0.3, -0.25) is 0 Å². The lowest BCUT2D eigenvalue weighted by Gasteiger charge is -2.04. The number of rotatable bonds is 4. The van der Waals surface area contributed by atoms with Crippen molar-refractivity contribution in [3.63, 3.8) is 0 Å². The zero-order valence-corrected chi connectivity index (χ0v) is 9.98. The predicted octanol–water partition coefficient (Wildman–Crippen LogP) is 2.44. The maximum absolute atomic E-state index is 5.86. The van der Waals surface area contributed by atoms with Gasteiger partial charge in [-0.25, -0.2) is 4.98 Å². The van der Waals surface area contributed by atoms with Crippen molar-refractivity contribution in [2.75, 3.05) is 19.3 Å². The fourth-order valence-electron chi connectivity index (χ4n) is 1.81. The summed E-state index contributed by atoms with van der Waals surface area (Å²) >= 11 is 0. The van der Waals surface area contributed by atoms with Crippen molar-refractivity contribution in [3.8, 4) is 0 Å². The van der Waals surface area contributed by atoms with Gasteiger partial charge in [-0.15, -0.1) is 0 Å². The number of nitrogens with one attached hydrogen (secondary N) is 1. The summed E-state index contributed by atoms with van der Waals surface area (Å²) in [5.74, 6) is 0.591. The lowest BCUT2D eigenvalue weighted by atomic mass is 10.1. The number of anilines is 1. The van der Waals surface area contributed by atoms with Crippen LogP contribution in [-0.2, 0) is 0 Å². The van der Waals surface area contributed by atoms with E-state index < -0.39 is 0 Å². The van der Waals surface area contributed by atoms with E-state index in [9.17, 15) is 0 Å². The average Bonchev–Trinajstić information content (AvgIpc) is 2.37. The second-order valence-electron chi connectivity index (χ2n) is 3.94. The normalized spacial score (nSPS) is 11.4. The molecular formula is C14H17N3. The number of aromatic nitrogens is 1. The molecule has 0 fully saturated rings. The van der Waals surface area contributed by atoms with Gasteiger partial charge >= 0.3 is 0 Å². The summed E-state index contributed by atoms with van der Waals surface area (Å²) in [5, 5.41) is 5.28. The minimum absolute atomic E-state index is 0.591. The van der Waals surface area contributed by atoms with Gasteiger partial charge in [0.1, 0.15) is 5.82 Å². The smallest absolute Gasteiger partial charge is 0.131 e. The summed E-state index contributed by atoms with van der Waals surface area (Å²) in [4.78, 5) is 4.22. The van der Waals surface area contributed by atoms with Crippen molar-refractivity contribution < 1.29 is 0 Å². The molecule has 0 aliphatic rings. The van der Waals surface area contributed by atoms with Crippen molar-refractivity contribution in [2.24, 2.45) is 0 Å². The Hall–Kier alpha value is -1.87. The molecule has 0 spiro atoms. The highest BCUT2D eigenvalue weighted by molar-refractivity contribution is 5.96. The largest absolute Gasteiger partial charge is 0.383 e. The zero-order valence-electron chi connectivity index (χ0n) is 9.98. The van der Waals surface area contributed by atoms with Gasteiger partial charge in [0.15, 0.2) is 0 Å². The van der Waals surface area contributed by atoms with Crippen molar-refractivity contribution in [1.82, 2.24) is 10.3 Å². The Labute approximate surface area is 101 Å². The van der Waals surface area contributed by atoms with E-state index in [0.29, 0.717) is 5.82 Å². The van der Waals surface area contributed by atoms with Gasteiger partial charge in [-0.2, -0.15) is 0 Å². The number of hydrogen-bond acceptors (Lipinski definition) is 3. The van der Waals surface area contributed by atoms with E-state index in [1.54, 1.807) is 0 Å². The summed E-state index contributed by atoms with van der Waals surface area (Å²) < 4.78 is 0. The van der Waals surface area contributed by atoms with Crippen molar-refractivity contribution >= 4 is 22.7 Å². The second kappa shape index (κ2) is 5.46. The molecule has 88 valence electrons. The molecule has 0 unspecified atom stereocenters. The molecule has 0 atom stereocenters. The van der Waals surface area contributed by atoms with Crippen molar-refractivity contribution in [1.29, 1.82) is 0 Å². The summed E-state index contributed by atoms with van der Waals surface area (Å²) in [7, 11) is 1.95. The Morgan fingerprint density at radius 3 is 2.82 bits per heavy atom. The third-order valence-electron chi connectivity index (χ3n) is 2.72. The van der Waals surface area contributed by atoms with Crippen LogP contribution in [0.15, 0.2) is 36.5 Å². The number of nitrogen functional groups attached to an aromatic ring is 1. The maximum atomic E-state index is 5.86. The molecule has 17 heavy (non-hydrogen) atoms. The minimum atomic E-state index is 0.591. The van der Waals surface area contributed by atoms with E-state index in [0.717, 1.165) is 29.3 Å². The first-order valence-corrected chi connectivity index (χ1v) is 5.77. The molecule has 0 radical (unpaired) electrons. The molecule has 0 saturated carbocycles. The highest BCUT2D eigenvalue weighted by Crippen LogP contribution is 2.23. The predicted molar refractivity (Wildman–Crippen MR) is 73.7 cm³/mol. The Morgan fingerprint density at radius 2 is 2.06 bits per heavy atom. The Bertz CT molecular complexity index is 532. The van der Waals surface area contributed by atoms with Crippen molar-refractivity contribution in [3.05, 3.63) is 42.1 Å². The molecule has 2 aromatic rings. The number of pyridine rings is 1. The van der Waals surface area contributed by atoms with E-state index in [2.05, 4.69) is 28.5 Å².